The molecule has 1 aliphatic heterocycles. The average molecular weight is 522 g/mol. The normalized spacial score (nSPS) is 14.1. The van der Waals surface area contributed by atoms with Gasteiger partial charge < -0.3 is 15.0 Å². The Bertz CT molecular complexity index is 1290. The molecule has 1 aliphatic rings. The molecule has 1 saturated heterocycles. The Morgan fingerprint density at radius 3 is 1.53 bits per heavy atom. The molecule has 5 rings (SSSR count). The number of hydrogen-bond donors (Lipinski definition) is 1. The SMILES string of the molecule is O=C(N/C(=C/[P+](c1ccccc1)(c1ccccc1)c1ccccc1)C(=O)N1CCOCC1)c1ccccc1. The number of nitrogens with one attached hydrogen (secondary N) is 1. The van der Waals surface area contributed by atoms with Crippen molar-refractivity contribution in [1.29, 1.82) is 0 Å². The first-order valence-corrected chi connectivity index (χ1v) is 14.6. The van der Waals surface area contributed by atoms with Crippen LogP contribution in [-0.2, 0) is 9.53 Å². The van der Waals surface area contributed by atoms with Crippen LogP contribution in [0.3, 0.4) is 0 Å². The molecule has 38 heavy (non-hydrogen) atoms. The van der Waals surface area contributed by atoms with Gasteiger partial charge in [-0.05, 0) is 48.5 Å². The number of hydrogen-bond acceptors (Lipinski definition) is 3. The first kappa shape index (κ1) is 25.6. The van der Waals surface area contributed by atoms with Gasteiger partial charge in [-0.3, -0.25) is 9.59 Å². The maximum Gasteiger partial charge on any atom is 0.274 e. The zero-order valence-corrected chi connectivity index (χ0v) is 22.0. The van der Waals surface area contributed by atoms with Crippen molar-refractivity contribution in [3.8, 4) is 0 Å². The number of carbonyl (C=O) groups is 2. The summed E-state index contributed by atoms with van der Waals surface area (Å²) in [6, 6.07) is 39.8. The molecular formula is C32H30N2O3P+. The third-order valence-corrected chi connectivity index (χ3v) is 10.6. The quantitative estimate of drug-likeness (QED) is 0.294. The summed E-state index contributed by atoms with van der Waals surface area (Å²) in [6.07, 6.45) is 0. The largest absolute Gasteiger partial charge is 0.378 e. The first-order chi connectivity index (χ1) is 18.7. The highest BCUT2D eigenvalue weighted by Gasteiger charge is 2.45. The Morgan fingerprint density at radius 1 is 0.658 bits per heavy atom. The Kier molecular flexibility index (Phi) is 8.08. The van der Waals surface area contributed by atoms with E-state index in [1.165, 1.54) is 0 Å². The fourth-order valence-corrected chi connectivity index (χ4v) is 8.55. The fourth-order valence-electron chi connectivity index (χ4n) is 4.72. The van der Waals surface area contributed by atoms with Gasteiger partial charge >= 0.3 is 0 Å². The molecule has 4 aromatic rings. The molecule has 1 heterocycles. The minimum Gasteiger partial charge on any atom is -0.378 e. The van der Waals surface area contributed by atoms with Crippen LogP contribution in [-0.4, -0.2) is 43.0 Å². The van der Waals surface area contributed by atoms with Crippen LogP contribution in [0.5, 0.6) is 0 Å². The number of ether oxygens (including phenoxy) is 1. The molecule has 4 aromatic carbocycles. The van der Waals surface area contributed by atoms with E-state index >= 15 is 0 Å². The molecule has 1 fully saturated rings. The van der Waals surface area contributed by atoms with Crippen molar-refractivity contribution in [2.75, 3.05) is 26.3 Å². The molecule has 0 saturated carbocycles. The summed E-state index contributed by atoms with van der Waals surface area (Å²) in [5, 5.41) is 6.30. The van der Waals surface area contributed by atoms with E-state index < -0.39 is 7.26 Å². The van der Waals surface area contributed by atoms with E-state index in [9.17, 15) is 9.59 Å². The summed E-state index contributed by atoms with van der Waals surface area (Å²) < 4.78 is 5.50. The van der Waals surface area contributed by atoms with Crippen molar-refractivity contribution < 1.29 is 14.3 Å². The predicted octanol–water partition coefficient (Wildman–Crippen LogP) is 4.11. The molecule has 0 bridgehead atoms. The molecule has 0 aliphatic carbocycles. The maximum atomic E-state index is 14.0. The van der Waals surface area contributed by atoms with E-state index in [2.05, 4.69) is 41.7 Å². The third kappa shape index (κ3) is 5.45. The summed E-state index contributed by atoms with van der Waals surface area (Å²) in [6.45, 7) is 1.90. The van der Waals surface area contributed by atoms with E-state index in [0.717, 1.165) is 15.9 Å². The van der Waals surface area contributed by atoms with Crippen molar-refractivity contribution in [3.05, 3.63) is 138 Å². The highest BCUT2D eigenvalue weighted by atomic mass is 31.2. The lowest BCUT2D eigenvalue weighted by atomic mass is 10.2. The molecule has 6 heteroatoms. The number of nitrogens with zero attached hydrogens (tertiary/aromatic N) is 1. The number of benzene rings is 4. The molecular weight excluding hydrogens is 491 g/mol. The van der Waals surface area contributed by atoms with Crippen LogP contribution in [0.2, 0.25) is 0 Å². The third-order valence-electron chi connectivity index (χ3n) is 6.63. The van der Waals surface area contributed by atoms with Crippen LogP contribution >= 0.6 is 7.26 Å². The minimum absolute atomic E-state index is 0.204. The minimum atomic E-state index is -2.52. The van der Waals surface area contributed by atoms with E-state index in [-0.39, 0.29) is 17.5 Å². The summed E-state index contributed by atoms with van der Waals surface area (Å²) >= 11 is 0. The molecule has 0 aromatic heterocycles. The van der Waals surface area contributed by atoms with Crippen LogP contribution in [0, 0.1) is 0 Å². The standard InChI is InChI=1S/C32H29N2O3P/c35-31(26-13-5-1-6-14-26)33-30(32(36)34-21-23-37-24-22-34)25-38(27-15-7-2-8-16-27,28-17-9-3-10-18-28)29-19-11-4-12-20-29/h1-20,25H,21-24H2/p+1/b30-25+. The molecule has 0 spiro atoms. The Morgan fingerprint density at radius 2 is 1.08 bits per heavy atom. The molecule has 190 valence electrons. The van der Waals surface area contributed by atoms with E-state index in [4.69, 9.17) is 4.74 Å². The second-order valence-corrected chi connectivity index (χ2v) is 12.2. The van der Waals surface area contributed by atoms with Crippen molar-refractivity contribution >= 4 is 35.0 Å². The lowest BCUT2D eigenvalue weighted by Crippen LogP contribution is -2.45. The van der Waals surface area contributed by atoms with Gasteiger partial charge in [0.25, 0.3) is 11.8 Å². The Hall–Kier alpha value is -4.05. The van der Waals surface area contributed by atoms with Crippen LogP contribution in [0.25, 0.3) is 0 Å². The van der Waals surface area contributed by atoms with Crippen LogP contribution in [0.1, 0.15) is 10.4 Å². The number of amides is 2. The van der Waals surface area contributed by atoms with Gasteiger partial charge in [0.15, 0.2) is 0 Å². The lowest BCUT2D eigenvalue weighted by molar-refractivity contribution is -0.131. The maximum absolute atomic E-state index is 14.0. The van der Waals surface area contributed by atoms with Crippen molar-refractivity contribution in [3.63, 3.8) is 0 Å². The second-order valence-electron chi connectivity index (χ2n) is 9.00. The van der Waals surface area contributed by atoms with Crippen LogP contribution < -0.4 is 21.2 Å². The van der Waals surface area contributed by atoms with Gasteiger partial charge in [-0.1, -0.05) is 72.8 Å². The van der Waals surface area contributed by atoms with Gasteiger partial charge in [0.2, 0.25) is 0 Å². The second kappa shape index (κ2) is 12.0. The zero-order chi connectivity index (χ0) is 26.2. The molecule has 5 nitrogen and oxygen atoms in total. The van der Waals surface area contributed by atoms with E-state index in [1.807, 2.05) is 78.6 Å². The van der Waals surface area contributed by atoms with Gasteiger partial charge in [0, 0.05) is 18.7 Å². The molecule has 2 amide bonds. The van der Waals surface area contributed by atoms with Crippen molar-refractivity contribution in [2.45, 2.75) is 0 Å². The Labute approximate surface area is 224 Å². The highest BCUT2D eigenvalue weighted by Crippen LogP contribution is 2.57. The van der Waals surface area contributed by atoms with Crippen molar-refractivity contribution in [1.82, 2.24) is 10.2 Å². The molecule has 0 atom stereocenters. The fraction of sp³-hybridized carbons (Fsp3) is 0.125. The number of rotatable bonds is 7. The van der Waals surface area contributed by atoms with Gasteiger partial charge in [-0.25, -0.2) is 0 Å². The topological polar surface area (TPSA) is 58.6 Å². The molecule has 0 radical (unpaired) electrons. The van der Waals surface area contributed by atoms with Crippen LogP contribution in [0.15, 0.2) is 133 Å². The predicted molar refractivity (Wildman–Crippen MR) is 155 cm³/mol. The zero-order valence-electron chi connectivity index (χ0n) is 21.1. The van der Waals surface area contributed by atoms with E-state index in [1.54, 1.807) is 17.0 Å². The van der Waals surface area contributed by atoms with Gasteiger partial charge in [0.1, 0.15) is 34.7 Å². The smallest absolute Gasteiger partial charge is 0.274 e. The van der Waals surface area contributed by atoms with Gasteiger partial charge in [-0.15, -0.1) is 0 Å². The number of carbonyl (C=O) groups excluding carboxylic acids is 2. The summed E-state index contributed by atoms with van der Waals surface area (Å²) in [5.41, 5.74) is 0.780. The molecule has 0 unspecified atom stereocenters. The summed E-state index contributed by atoms with van der Waals surface area (Å²) in [4.78, 5) is 29.2. The van der Waals surface area contributed by atoms with Crippen LogP contribution in [0.4, 0.5) is 0 Å². The highest BCUT2D eigenvalue weighted by molar-refractivity contribution is 7.98. The Balaban J connectivity index is 1.74. The van der Waals surface area contributed by atoms with Gasteiger partial charge in [0.05, 0.1) is 13.2 Å². The first-order valence-electron chi connectivity index (χ1n) is 12.7. The van der Waals surface area contributed by atoms with Gasteiger partial charge in [-0.2, -0.15) is 0 Å². The monoisotopic (exact) mass is 521 g/mol. The number of morpholine rings is 1. The summed E-state index contributed by atoms with van der Waals surface area (Å²) in [5.74, 6) is 1.52. The van der Waals surface area contributed by atoms with E-state index in [0.29, 0.717) is 31.9 Å². The average Bonchev–Trinajstić information content (AvgIpc) is 3.01. The lowest BCUT2D eigenvalue weighted by Gasteiger charge is -2.29. The molecule has 1 N–H and O–H groups in total. The summed E-state index contributed by atoms with van der Waals surface area (Å²) in [7, 11) is -2.52. The van der Waals surface area contributed by atoms with Crippen molar-refractivity contribution in [2.24, 2.45) is 0 Å².